The largest absolute Gasteiger partial charge is 0.352 e. The number of carbonyl (C=O) groups excluding carboxylic acids is 2. The Bertz CT molecular complexity index is 274. The monoisotopic (exact) mass is 210 g/mol. The third-order valence-corrected chi connectivity index (χ3v) is 2.45. The van der Waals surface area contributed by atoms with E-state index in [-0.39, 0.29) is 11.8 Å². The van der Waals surface area contributed by atoms with Gasteiger partial charge in [-0.15, -0.1) is 0 Å². The van der Waals surface area contributed by atoms with Crippen molar-refractivity contribution < 1.29 is 9.59 Å². The summed E-state index contributed by atoms with van der Waals surface area (Å²) in [7, 11) is 0. The summed E-state index contributed by atoms with van der Waals surface area (Å²) in [6.45, 7) is 7.45. The van der Waals surface area contributed by atoms with Crippen LogP contribution in [0.3, 0.4) is 0 Å². The van der Waals surface area contributed by atoms with Gasteiger partial charge in [0.2, 0.25) is 11.8 Å². The van der Waals surface area contributed by atoms with Crippen molar-refractivity contribution in [2.24, 2.45) is 0 Å². The van der Waals surface area contributed by atoms with Crippen molar-refractivity contribution >= 4 is 11.8 Å². The van der Waals surface area contributed by atoms with Crippen LogP contribution in [0.15, 0.2) is 12.2 Å². The van der Waals surface area contributed by atoms with Gasteiger partial charge >= 0.3 is 0 Å². The highest BCUT2D eigenvalue weighted by atomic mass is 16.2. The summed E-state index contributed by atoms with van der Waals surface area (Å²) >= 11 is 0. The highest BCUT2D eigenvalue weighted by Gasteiger charge is 2.18. The zero-order chi connectivity index (χ0) is 11.3. The van der Waals surface area contributed by atoms with Gasteiger partial charge in [-0.1, -0.05) is 6.58 Å². The Morgan fingerprint density at radius 2 is 2.33 bits per heavy atom. The lowest BCUT2D eigenvalue weighted by atomic mass is 10.3. The van der Waals surface area contributed by atoms with E-state index >= 15 is 0 Å². The molecule has 0 aromatic heterocycles. The van der Waals surface area contributed by atoms with Crippen LogP contribution in [0, 0.1) is 0 Å². The van der Waals surface area contributed by atoms with Gasteiger partial charge in [0.25, 0.3) is 0 Å². The summed E-state index contributed by atoms with van der Waals surface area (Å²) in [4.78, 5) is 24.2. The summed E-state index contributed by atoms with van der Waals surface area (Å²) in [6.07, 6.45) is 2.46. The van der Waals surface area contributed by atoms with E-state index in [2.05, 4.69) is 11.9 Å². The Labute approximate surface area is 90.3 Å². The topological polar surface area (TPSA) is 49.4 Å². The van der Waals surface area contributed by atoms with Crippen molar-refractivity contribution in [3.05, 3.63) is 12.2 Å². The fourth-order valence-corrected chi connectivity index (χ4v) is 1.56. The fraction of sp³-hybridized carbons (Fsp3) is 0.636. The predicted molar refractivity (Wildman–Crippen MR) is 58.3 cm³/mol. The molecule has 1 fully saturated rings. The molecule has 1 aliphatic rings. The molecule has 4 nitrogen and oxygen atoms in total. The Morgan fingerprint density at radius 3 is 2.87 bits per heavy atom. The zero-order valence-electron chi connectivity index (χ0n) is 9.21. The van der Waals surface area contributed by atoms with E-state index < -0.39 is 0 Å². The molecule has 0 saturated carbocycles. The van der Waals surface area contributed by atoms with Crippen LogP contribution in [0.1, 0.15) is 26.2 Å². The van der Waals surface area contributed by atoms with Crippen molar-refractivity contribution in [1.29, 1.82) is 0 Å². The Kier molecular flexibility index (Phi) is 4.34. The van der Waals surface area contributed by atoms with Gasteiger partial charge in [-0.05, 0) is 19.8 Å². The Morgan fingerprint density at radius 1 is 1.60 bits per heavy atom. The molecule has 1 rings (SSSR count). The minimum atomic E-state index is -0.109. The second-order valence-electron chi connectivity index (χ2n) is 3.87. The maximum atomic E-state index is 11.2. The van der Waals surface area contributed by atoms with Gasteiger partial charge in [-0.3, -0.25) is 9.59 Å². The van der Waals surface area contributed by atoms with E-state index in [1.165, 1.54) is 0 Å². The van der Waals surface area contributed by atoms with Crippen molar-refractivity contribution in [3.63, 3.8) is 0 Å². The number of hydrogen-bond donors (Lipinski definition) is 1. The summed E-state index contributed by atoms with van der Waals surface area (Å²) in [5.74, 6) is 0.129. The van der Waals surface area contributed by atoms with E-state index in [4.69, 9.17) is 0 Å². The first kappa shape index (κ1) is 11.8. The highest BCUT2D eigenvalue weighted by molar-refractivity contribution is 5.92. The minimum absolute atomic E-state index is 0.109. The van der Waals surface area contributed by atoms with Crippen LogP contribution in [-0.4, -0.2) is 36.3 Å². The average molecular weight is 210 g/mol. The van der Waals surface area contributed by atoms with Gasteiger partial charge in [0.05, 0.1) is 0 Å². The van der Waals surface area contributed by atoms with E-state index in [1.807, 2.05) is 4.90 Å². The second-order valence-corrected chi connectivity index (χ2v) is 3.87. The molecule has 1 N–H and O–H groups in total. The SMILES string of the molecule is C=C(C)C(=O)NCCCN1CCCC1=O. The Hall–Kier alpha value is -1.32. The number of amides is 2. The molecule has 1 saturated heterocycles. The maximum Gasteiger partial charge on any atom is 0.246 e. The van der Waals surface area contributed by atoms with Gasteiger partial charge in [0, 0.05) is 31.6 Å². The first-order valence-electron chi connectivity index (χ1n) is 5.32. The predicted octanol–water partition coefficient (Wildman–Crippen LogP) is 0.691. The molecular formula is C11H18N2O2. The van der Waals surface area contributed by atoms with Gasteiger partial charge in [0.1, 0.15) is 0 Å². The number of nitrogens with one attached hydrogen (secondary N) is 1. The Balaban J connectivity index is 2.09. The maximum absolute atomic E-state index is 11.2. The number of nitrogens with zero attached hydrogens (tertiary/aromatic N) is 1. The molecule has 15 heavy (non-hydrogen) atoms. The van der Waals surface area contributed by atoms with Crippen LogP contribution in [0.2, 0.25) is 0 Å². The molecule has 0 aromatic rings. The van der Waals surface area contributed by atoms with Gasteiger partial charge < -0.3 is 10.2 Å². The van der Waals surface area contributed by atoms with Crippen LogP contribution in [-0.2, 0) is 9.59 Å². The first-order chi connectivity index (χ1) is 7.11. The molecule has 0 aliphatic carbocycles. The fourth-order valence-electron chi connectivity index (χ4n) is 1.56. The molecule has 0 bridgehead atoms. The molecule has 4 heteroatoms. The zero-order valence-corrected chi connectivity index (χ0v) is 9.21. The smallest absolute Gasteiger partial charge is 0.246 e. The molecule has 2 amide bonds. The average Bonchev–Trinajstić information content (AvgIpc) is 2.58. The van der Waals surface area contributed by atoms with E-state index in [0.29, 0.717) is 18.5 Å². The van der Waals surface area contributed by atoms with Gasteiger partial charge in [0.15, 0.2) is 0 Å². The molecule has 0 aromatic carbocycles. The van der Waals surface area contributed by atoms with Crippen LogP contribution in [0.25, 0.3) is 0 Å². The summed E-state index contributed by atoms with van der Waals surface area (Å²) in [6, 6.07) is 0. The molecule has 0 unspecified atom stereocenters. The molecule has 84 valence electrons. The van der Waals surface area contributed by atoms with E-state index in [1.54, 1.807) is 6.92 Å². The van der Waals surface area contributed by atoms with Crippen LogP contribution in [0.5, 0.6) is 0 Å². The summed E-state index contributed by atoms with van der Waals surface area (Å²) in [5, 5.41) is 2.74. The van der Waals surface area contributed by atoms with Gasteiger partial charge in [-0.2, -0.15) is 0 Å². The molecule has 1 heterocycles. The van der Waals surface area contributed by atoms with Crippen molar-refractivity contribution in [3.8, 4) is 0 Å². The third kappa shape index (κ3) is 3.73. The normalized spacial score (nSPS) is 15.5. The van der Waals surface area contributed by atoms with Gasteiger partial charge in [-0.25, -0.2) is 0 Å². The second kappa shape index (κ2) is 5.53. The number of carbonyl (C=O) groups is 2. The lowest BCUT2D eigenvalue weighted by Crippen LogP contribution is -2.30. The van der Waals surface area contributed by atoms with Crippen LogP contribution in [0.4, 0.5) is 0 Å². The van der Waals surface area contributed by atoms with Crippen LogP contribution < -0.4 is 5.32 Å². The number of likely N-dealkylation sites (tertiary alicyclic amines) is 1. The third-order valence-electron chi connectivity index (χ3n) is 2.45. The highest BCUT2D eigenvalue weighted by Crippen LogP contribution is 2.09. The first-order valence-corrected chi connectivity index (χ1v) is 5.32. The minimum Gasteiger partial charge on any atom is -0.352 e. The van der Waals surface area contributed by atoms with E-state index in [0.717, 1.165) is 25.9 Å². The standard InChI is InChI=1S/C11H18N2O2/c1-9(2)11(15)12-6-4-8-13-7-3-5-10(13)14/h1,3-8H2,2H3,(H,12,15). The molecular weight excluding hydrogens is 192 g/mol. The lowest BCUT2D eigenvalue weighted by Gasteiger charge is -2.15. The van der Waals surface area contributed by atoms with Crippen molar-refractivity contribution in [1.82, 2.24) is 10.2 Å². The summed E-state index contributed by atoms with van der Waals surface area (Å²) < 4.78 is 0. The van der Waals surface area contributed by atoms with Crippen LogP contribution >= 0.6 is 0 Å². The molecule has 0 spiro atoms. The summed E-state index contributed by atoms with van der Waals surface area (Å²) in [5.41, 5.74) is 0.521. The molecule has 0 radical (unpaired) electrons. The molecule has 1 aliphatic heterocycles. The van der Waals surface area contributed by atoms with Crippen molar-refractivity contribution in [2.45, 2.75) is 26.2 Å². The van der Waals surface area contributed by atoms with Crippen molar-refractivity contribution in [2.75, 3.05) is 19.6 Å². The van der Waals surface area contributed by atoms with E-state index in [9.17, 15) is 9.59 Å². The number of hydrogen-bond acceptors (Lipinski definition) is 2. The molecule has 0 atom stereocenters. The number of rotatable bonds is 5. The quantitative estimate of drug-likeness (QED) is 0.536. The lowest BCUT2D eigenvalue weighted by molar-refractivity contribution is -0.127.